The van der Waals surface area contributed by atoms with Gasteiger partial charge in [0, 0.05) is 0 Å². The number of Topliss-reactive ketones (excluding diaryl/α,β-unsaturated/α-hetero) is 1. The minimum Gasteiger partial charge on any atom is -0.497 e. The number of rotatable bonds is 8. The van der Waals surface area contributed by atoms with Crippen molar-refractivity contribution in [2.24, 2.45) is 11.8 Å². The maximum absolute atomic E-state index is 16.1. The number of para-hydroxylation sites is 2. The van der Waals surface area contributed by atoms with Gasteiger partial charge in [-0.15, -0.1) is 0 Å². The van der Waals surface area contributed by atoms with E-state index in [4.69, 9.17) is 14.2 Å². The number of imide groups is 1. The molecule has 7 heteroatoms. The van der Waals surface area contributed by atoms with Gasteiger partial charge < -0.3 is 14.2 Å². The van der Waals surface area contributed by atoms with Gasteiger partial charge in [0.1, 0.15) is 17.2 Å². The van der Waals surface area contributed by atoms with Crippen LogP contribution in [0.15, 0.2) is 133 Å². The molecule has 2 bridgehead atoms. The van der Waals surface area contributed by atoms with E-state index in [1.54, 1.807) is 38.5 Å². The standard InChI is InChI=1S/C42H33NO6/c1-47-30-22-18-26(19-23-30)34-35(27-20-24-31(48-2)25-21-27)42(29-14-8-5-9-15-29)37-36(41(34,40(42)46)28-12-6-4-7-13-28)38(44)43(39(37)45)32-16-10-11-17-33(32)49-3/h4-25,36-37H,1-3H3/t36-,37+,41+,42-. The molecule has 0 radical (unpaired) electrons. The lowest BCUT2D eigenvalue weighted by molar-refractivity contribution is -0.130. The summed E-state index contributed by atoms with van der Waals surface area (Å²) in [6.07, 6.45) is 0. The number of ether oxygens (including phenoxy) is 3. The van der Waals surface area contributed by atoms with Gasteiger partial charge in [0.05, 0.1) is 49.7 Å². The number of carbonyl (C=O) groups is 3. The number of hydrogen-bond acceptors (Lipinski definition) is 6. The molecular weight excluding hydrogens is 614 g/mol. The molecule has 5 aromatic rings. The lowest BCUT2D eigenvalue weighted by Gasteiger charge is -2.39. The van der Waals surface area contributed by atoms with Crippen molar-refractivity contribution in [2.75, 3.05) is 26.2 Å². The summed E-state index contributed by atoms with van der Waals surface area (Å²) in [5, 5.41) is 0. The van der Waals surface area contributed by atoms with E-state index in [0.717, 1.165) is 11.1 Å². The van der Waals surface area contributed by atoms with Gasteiger partial charge in [-0.05, 0) is 69.8 Å². The highest BCUT2D eigenvalue weighted by Gasteiger charge is 2.82. The Morgan fingerprint density at radius 1 is 0.490 bits per heavy atom. The molecule has 8 rings (SSSR count). The van der Waals surface area contributed by atoms with Crippen LogP contribution in [0.2, 0.25) is 0 Å². The van der Waals surface area contributed by atoms with Crippen molar-refractivity contribution in [2.45, 2.75) is 10.8 Å². The molecule has 49 heavy (non-hydrogen) atoms. The van der Waals surface area contributed by atoms with Crippen molar-refractivity contribution in [1.82, 2.24) is 0 Å². The van der Waals surface area contributed by atoms with Crippen molar-refractivity contribution < 1.29 is 28.6 Å². The lowest BCUT2D eigenvalue weighted by atomic mass is 9.59. The fourth-order valence-corrected chi connectivity index (χ4v) is 8.69. The molecule has 0 spiro atoms. The lowest BCUT2D eigenvalue weighted by Crippen LogP contribution is -2.45. The van der Waals surface area contributed by atoms with E-state index in [9.17, 15) is 0 Å². The predicted molar refractivity (Wildman–Crippen MR) is 187 cm³/mol. The molecule has 1 saturated heterocycles. The van der Waals surface area contributed by atoms with Crippen molar-refractivity contribution in [3.05, 3.63) is 156 Å². The number of methoxy groups -OCH3 is 3. The minimum absolute atomic E-state index is 0.189. The summed E-state index contributed by atoms with van der Waals surface area (Å²) in [6, 6.07) is 41.1. The fraction of sp³-hybridized carbons (Fsp3) is 0.167. The monoisotopic (exact) mass is 647 g/mol. The van der Waals surface area contributed by atoms with E-state index in [1.165, 1.54) is 12.0 Å². The quantitative estimate of drug-likeness (QED) is 0.171. The average Bonchev–Trinajstić information content (AvgIpc) is 3.67. The molecule has 2 fully saturated rings. The van der Waals surface area contributed by atoms with E-state index in [0.29, 0.717) is 45.2 Å². The summed E-state index contributed by atoms with van der Waals surface area (Å²) >= 11 is 0. The molecule has 0 N–H and O–H groups in total. The van der Waals surface area contributed by atoms with Crippen molar-refractivity contribution >= 4 is 34.4 Å². The number of carbonyl (C=O) groups excluding carboxylic acids is 3. The Hall–Kier alpha value is -5.95. The topological polar surface area (TPSA) is 82.1 Å². The second-order valence-electron chi connectivity index (χ2n) is 12.5. The molecule has 0 unspecified atom stereocenters. The first kappa shape index (κ1) is 30.4. The molecule has 2 amide bonds. The van der Waals surface area contributed by atoms with Gasteiger partial charge in [0.25, 0.3) is 0 Å². The molecule has 1 heterocycles. The predicted octanol–water partition coefficient (Wildman–Crippen LogP) is 6.90. The third-order valence-corrected chi connectivity index (χ3v) is 10.5. The first-order chi connectivity index (χ1) is 23.9. The van der Waals surface area contributed by atoms with Crippen LogP contribution >= 0.6 is 0 Å². The van der Waals surface area contributed by atoms with E-state index >= 15 is 14.4 Å². The van der Waals surface area contributed by atoms with E-state index in [2.05, 4.69) is 0 Å². The highest BCUT2D eigenvalue weighted by molar-refractivity contribution is 6.39. The Balaban J connectivity index is 1.55. The third kappa shape index (κ3) is 3.93. The smallest absolute Gasteiger partial charge is 0.239 e. The van der Waals surface area contributed by atoms with Crippen LogP contribution in [-0.4, -0.2) is 38.9 Å². The minimum atomic E-state index is -1.52. The summed E-state index contributed by atoms with van der Waals surface area (Å²) in [5.41, 5.74) is 1.55. The molecule has 1 aliphatic heterocycles. The normalized spacial score (nSPS) is 24.0. The largest absolute Gasteiger partial charge is 0.497 e. The molecule has 0 aromatic heterocycles. The van der Waals surface area contributed by atoms with Gasteiger partial charge in [-0.1, -0.05) is 97.1 Å². The van der Waals surface area contributed by atoms with E-state index in [-0.39, 0.29) is 5.78 Å². The molecule has 7 nitrogen and oxygen atoms in total. The zero-order valence-electron chi connectivity index (χ0n) is 27.3. The van der Waals surface area contributed by atoms with Crippen molar-refractivity contribution in [3.63, 3.8) is 0 Å². The van der Waals surface area contributed by atoms with Gasteiger partial charge in [-0.25, -0.2) is 4.90 Å². The molecule has 5 aromatic carbocycles. The Kier molecular flexibility index (Phi) is 7.03. The van der Waals surface area contributed by atoms with Crippen LogP contribution in [0.4, 0.5) is 5.69 Å². The van der Waals surface area contributed by atoms with Crippen LogP contribution in [0.25, 0.3) is 11.1 Å². The summed E-state index contributed by atoms with van der Waals surface area (Å²) < 4.78 is 16.7. The summed E-state index contributed by atoms with van der Waals surface area (Å²) in [7, 11) is 4.72. The van der Waals surface area contributed by atoms with Crippen LogP contribution in [0, 0.1) is 11.8 Å². The molecule has 3 aliphatic rings. The average molecular weight is 648 g/mol. The van der Waals surface area contributed by atoms with Crippen molar-refractivity contribution in [3.8, 4) is 17.2 Å². The fourth-order valence-electron chi connectivity index (χ4n) is 8.69. The maximum Gasteiger partial charge on any atom is 0.239 e. The third-order valence-electron chi connectivity index (χ3n) is 10.5. The first-order valence-electron chi connectivity index (χ1n) is 16.1. The number of amides is 2. The van der Waals surface area contributed by atoms with Crippen LogP contribution in [0.1, 0.15) is 22.3 Å². The Morgan fingerprint density at radius 2 is 0.898 bits per heavy atom. The molecular formula is C42H33NO6. The summed E-state index contributed by atoms with van der Waals surface area (Å²) in [5.74, 6) is -1.44. The van der Waals surface area contributed by atoms with E-state index in [1.807, 2.05) is 109 Å². The number of allylic oxidation sites excluding steroid dienone is 2. The second kappa shape index (κ2) is 11.3. The number of anilines is 1. The van der Waals surface area contributed by atoms with Gasteiger partial charge >= 0.3 is 0 Å². The van der Waals surface area contributed by atoms with Crippen molar-refractivity contribution in [1.29, 1.82) is 0 Å². The van der Waals surface area contributed by atoms with Gasteiger partial charge in [0.15, 0.2) is 5.78 Å². The zero-order valence-corrected chi connectivity index (χ0v) is 27.3. The Bertz CT molecular complexity index is 2010. The first-order valence-corrected chi connectivity index (χ1v) is 16.1. The maximum atomic E-state index is 16.1. The number of ketones is 1. The van der Waals surface area contributed by atoms with Crippen LogP contribution in [0.5, 0.6) is 17.2 Å². The zero-order chi connectivity index (χ0) is 33.9. The summed E-state index contributed by atoms with van der Waals surface area (Å²) in [6.45, 7) is 0. The molecule has 1 saturated carbocycles. The van der Waals surface area contributed by atoms with Gasteiger partial charge in [-0.3, -0.25) is 14.4 Å². The number of hydrogen-bond donors (Lipinski definition) is 0. The number of nitrogens with zero attached hydrogens (tertiary/aromatic N) is 1. The van der Waals surface area contributed by atoms with Crippen LogP contribution in [-0.2, 0) is 25.2 Å². The van der Waals surface area contributed by atoms with Crippen LogP contribution in [0.3, 0.4) is 0 Å². The molecule has 2 aliphatic carbocycles. The highest BCUT2D eigenvalue weighted by Crippen LogP contribution is 2.74. The van der Waals surface area contributed by atoms with E-state index < -0.39 is 34.5 Å². The highest BCUT2D eigenvalue weighted by atomic mass is 16.5. The second-order valence-corrected chi connectivity index (χ2v) is 12.5. The van der Waals surface area contributed by atoms with Gasteiger partial charge in [-0.2, -0.15) is 0 Å². The Labute approximate surface area is 284 Å². The number of fused-ring (bicyclic) bond motifs is 5. The van der Waals surface area contributed by atoms with Crippen LogP contribution < -0.4 is 19.1 Å². The molecule has 242 valence electrons. The molecule has 4 atom stereocenters. The SMILES string of the molecule is COc1ccc(C2=C(c3ccc(OC)cc3)[C@]3(c4ccccc4)C(=O)[C@@]2(c2ccccc2)[C@@H]2C(=O)N(c4ccccc4OC)C(=O)[C@@H]23)cc1. The van der Waals surface area contributed by atoms with Gasteiger partial charge in [0.2, 0.25) is 11.8 Å². The summed E-state index contributed by atoms with van der Waals surface area (Å²) in [4.78, 5) is 47.7. The Morgan fingerprint density at radius 3 is 1.31 bits per heavy atom. The number of benzene rings is 5.